The van der Waals surface area contributed by atoms with Gasteiger partial charge >= 0.3 is 11.9 Å². The Morgan fingerprint density at radius 2 is 1.92 bits per heavy atom. The minimum Gasteiger partial charge on any atom is -0.481 e. The lowest BCUT2D eigenvalue weighted by Gasteiger charge is -2.16. The summed E-state index contributed by atoms with van der Waals surface area (Å²) in [5.41, 5.74) is 4.21. The summed E-state index contributed by atoms with van der Waals surface area (Å²) in [4.78, 5) is 21.4. The fourth-order valence-electron chi connectivity index (χ4n) is 1.90. The smallest absolute Gasteiger partial charge is 0.323 e. The van der Waals surface area contributed by atoms with Crippen LogP contribution in [0, 0.1) is 11.8 Å². The van der Waals surface area contributed by atoms with Crippen molar-refractivity contribution in [3.05, 3.63) is 0 Å². The average Bonchev–Trinajstić information content (AvgIpc) is 2.28. The first kappa shape index (κ1) is 9.98. The van der Waals surface area contributed by atoms with Gasteiger partial charge in [0.1, 0.15) is 5.54 Å². The molecule has 0 amide bonds. The first-order valence-electron chi connectivity index (χ1n) is 4.12. The van der Waals surface area contributed by atoms with E-state index in [4.69, 9.17) is 15.9 Å². The zero-order chi connectivity index (χ0) is 10.2. The standard InChI is InChI=1S/C8H13NO4/c1-4-2-8(9,7(12)13)3-5(4)6(10)11/h4-5H,2-3,9H2,1H3,(H,10,11)(H,12,13)/t4-,5+,8+/m1/s1. The third-order valence-corrected chi connectivity index (χ3v) is 2.70. The molecule has 0 spiro atoms. The Labute approximate surface area is 75.5 Å². The van der Waals surface area contributed by atoms with Crippen LogP contribution in [0.5, 0.6) is 0 Å². The van der Waals surface area contributed by atoms with Gasteiger partial charge in [0.15, 0.2) is 0 Å². The van der Waals surface area contributed by atoms with Gasteiger partial charge in [-0.3, -0.25) is 9.59 Å². The van der Waals surface area contributed by atoms with Gasteiger partial charge in [0.25, 0.3) is 0 Å². The van der Waals surface area contributed by atoms with Gasteiger partial charge in [-0.1, -0.05) is 6.92 Å². The summed E-state index contributed by atoms with van der Waals surface area (Å²) in [7, 11) is 0. The van der Waals surface area contributed by atoms with Gasteiger partial charge in [0, 0.05) is 0 Å². The van der Waals surface area contributed by atoms with Gasteiger partial charge in [-0.25, -0.2) is 0 Å². The quantitative estimate of drug-likeness (QED) is 0.560. The van der Waals surface area contributed by atoms with Crippen molar-refractivity contribution >= 4 is 11.9 Å². The summed E-state index contributed by atoms with van der Waals surface area (Å²) in [6.45, 7) is 1.72. The monoisotopic (exact) mass is 187 g/mol. The Bertz CT molecular complexity index is 253. The Kier molecular flexibility index (Phi) is 2.30. The zero-order valence-corrected chi connectivity index (χ0v) is 7.36. The van der Waals surface area contributed by atoms with Crippen molar-refractivity contribution in [3.63, 3.8) is 0 Å². The van der Waals surface area contributed by atoms with Gasteiger partial charge in [-0.05, 0) is 18.8 Å². The number of nitrogens with two attached hydrogens (primary N) is 1. The molecule has 5 nitrogen and oxygen atoms in total. The maximum Gasteiger partial charge on any atom is 0.323 e. The third-order valence-electron chi connectivity index (χ3n) is 2.70. The molecule has 1 fully saturated rings. The Morgan fingerprint density at radius 1 is 1.38 bits per heavy atom. The van der Waals surface area contributed by atoms with Crippen LogP contribution in [0.25, 0.3) is 0 Å². The van der Waals surface area contributed by atoms with Crippen LogP contribution in [0.15, 0.2) is 0 Å². The molecule has 1 aliphatic rings. The molecular formula is C8H13NO4. The predicted molar refractivity (Wildman–Crippen MR) is 44.1 cm³/mol. The molecule has 74 valence electrons. The molecule has 0 bridgehead atoms. The molecule has 0 saturated heterocycles. The van der Waals surface area contributed by atoms with Crippen LogP contribution in [0.2, 0.25) is 0 Å². The highest BCUT2D eigenvalue weighted by atomic mass is 16.4. The van der Waals surface area contributed by atoms with Crippen molar-refractivity contribution in [3.8, 4) is 0 Å². The van der Waals surface area contributed by atoms with Gasteiger partial charge in [0.05, 0.1) is 5.92 Å². The second-order valence-electron chi connectivity index (χ2n) is 3.79. The minimum atomic E-state index is -1.34. The second kappa shape index (κ2) is 2.99. The van der Waals surface area contributed by atoms with E-state index >= 15 is 0 Å². The molecule has 1 rings (SSSR count). The maximum absolute atomic E-state index is 10.7. The van der Waals surface area contributed by atoms with Gasteiger partial charge in [-0.2, -0.15) is 0 Å². The normalized spacial score (nSPS) is 38.9. The van der Waals surface area contributed by atoms with Crippen LogP contribution in [0.4, 0.5) is 0 Å². The van der Waals surface area contributed by atoms with E-state index in [9.17, 15) is 9.59 Å². The first-order chi connectivity index (χ1) is 5.87. The van der Waals surface area contributed by atoms with Crippen LogP contribution in [0.1, 0.15) is 19.8 Å². The molecule has 0 aromatic rings. The van der Waals surface area contributed by atoms with Crippen molar-refractivity contribution in [2.45, 2.75) is 25.3 Å². The SMILES string of the molecule is C[C@@H]1C[C@@](N)(C(=O)O)C[C@@H]1C(=O)O. The molecular weight excluding hydrogens is 174 g/mol. The fraction of sp³-hybridized carbons (Fsp3) is 0.750. The molecule has 0 unspecified atom stereocenters. The van der Waals surface area contributed by atoms with Crippen LogP contribution in [0.3, 0.4) is 0 Å². The number of carboxylic acids is 2. The van der Waals surface area contributed by atoms with E-state index in [0.29, 0.717) is 0 Å². The molecule has 0 heterocycles. The number of carbonyl (C=O) groups is 2. The van der Waals surface area contributed by atoms with Gasteiger partial charge in [-0.15, -0.1) is 0 Å². The molecule has 1 saturated carbocycles. The molecule has 0 aliphatic heterocycles. The minimum absolute atomic E-state index is 0.0266. The van der Waals surface area contributed by atoms with Crippen LogP contribution in [-0.2, 0) is 9.59 Å². The molecule has 13 heavy (non-hydrogen) atoms. The molecule has 0 aromatic heterocycles. The maximum atomic E-state index is 10.7. The Hall–Kier alpha value is -1.10. The number of carboxylic acid groups (broad SMARTS) is 2. The lowest BCUT2D eigenvalue weighted by Crippen LogP contribution is -2.45. The van der Waals surface area contributed by atoms with E-state index in [1.54, 1.807) is 6.92 Å². The van der Waals surface area contributed by atoms with Crippen molar-refractivity contribution in [1.29, 1.82) is 0 Å². The Balaban J connectivity index is 2.80. The molecule has 0 radical (unpaired) electrons. The lowest BCUT2D eigenvalue weighted by atomic mass is 9.98. The highest BCUT2D eigenvalue weighted by Crippen LogP contribution is 2.37. The van der Waals surface area contributed by atoms with Crippen molar-refractivity contribution in [2.24, 2.45) is 17.6 Å². The largest absolute Gasteiger partial charge is 0.481 e. The molecule has 4 N–H and O–H groups in total. The molecule has 1 aliphatic carbocycles. The summed E-state index contributed by atoms with van der Waals surface area (Å²) in [5, 5.41) is 17.5. The predicted octanol–water partition coefficient (Wildman–Crippen LogP) is -0.101. The third kappa shape index (κ3) is 1.65. The highest BCUT2D eigenvalue weighted by molar-refractivity contribution is 5.81. The fourth-order valence-corrected chi connectivity index (χ4v) is 1.90. The number of rotatable bonds is 2. The topological polar surface area (TPSA) is 101 Å². The zero-order valence-electron chi connectivity index (χ0n) is 7.36. The van der Waals surface area contributed by atoms with Crippen LogP contribution >= 0.6 is 0 Å². The average molecular weight is 187 g/mol. The lowest BCUT2D eigenvalue weighted by molar-refractivity contribution is -0.144. The van der Waals surface area contributed by atoms with Gasteiger partial charge < -0.3 is 15.9 Å². The van der Waals surface area contributed by atoms with Crippen LogP contribution < -0.4 is 5.73 Å². The summed E-state index contributed by atoms with van der Waals surface area (Å²) in [6.07, 6.45) is 0.262. The molecule has 5 heteroatoms. The van der Waals surface area contributed by atoms with E-state index in [0.717, 1.165) is 0 Å². The number of hydrogen-bond donors (Lipinski definition) is 3. The van der Waals surface area contributed by atoms with E-state index in [1.165, 1.54) is 0 Å². The van der Waals surface area contributed by atoms with E-state index < -0.39 is 23.4 Å². The second-order valence-corrected chi connectivity index (χ2v) is 3.79. The van der Waals surface area contributed by atoms with Crippen LogP contribution in [-0.4, -0.2) is 27.7 Å². The summed E-state index contributed by atoms with van der Waals surface area (Å²) in [6, 6.07) is 0. The Morgan fingerprint density at radius 3 is 2.15 bits per heavy atom. The van der Waals surface area contributed by atoms with E-state index in [1.807, 2.05) is 0 Å². The first-order valence-corrected chi connectivity index (χ1v) is 4.12. The van der Waals surface area contributed by atoms with Crippen molar-refractivity contribution in [1.82, 2.24) is 0 Å². The van der Waals surface area contributed by atoms with E-state index in [-0.39, 0.29) is 18.8 Å². The van der Waals surface area contributed by atoms with Crippen molar-refractivity contribution in [2.75, 3.05) is 0 Å². The summed E-state index contributed by atoms with van der Waals surface area (Å²) < 4.78 is 0. The van der Waals surface area contributed by atoms with Gasteiger partial charge in [0.2, 0.25) is 0 Å². The molecule has 0 aromatic carbocycles. The summed E-state index contributed by atoms with van der Waals surface area (Å²) in [5.74, 6) is -2.86. The highest BCUT2D eigenvalue weighted by Gasteiger charge is 2.48. The number of aliphatic carboxylic acids is 2. The number of hydrogen-bond acceptors (Lipinski definition) is 3. The summed E-state index contributed by atoms with van der Waals surface area (Å²) >= 11 is 0. The molecule has 3 atom stereocenters. The van der Waals surface area contributed by atoms with E-state index in [2.05, 4.69) is 0 Å². The van der Waals surface area contributed by atoms with Crippen molar-refractivity contribution < 1.29 is 19.8 Å².